The van der Waals surface area contributed by atoms with Crippen molar-refractivity contribution in [2.75, 3.05) is 6.54 Å². The number of carbonyl (C=O) groups excluding carboxylic acids is 1. The molecule has 0 aliphatic heterocycles. The molecule has 1 aromatic rings. The van der Waals surface area contributed by atoms with Crippen LogP contribution < -0.4 is 5.32 Å². The molecule has 1 N–H and O–H groups in total. The first kappa shape index (κ1) is 15.4. The lowest BCUT2D eigenvalue weighted by Crippen LogP contribution is -2.20. The molecule has 0 fully saturated rings. The second-order valence-corrected chi connectivity index (χ2v) is 4.16. The molecule has 0 spiro atoms. The van der Waals surface area contributed by atoms with Crippen molar-refractivity contribution in [3.05, 3.63) is 34.3 Å². The molecule has 0 saturated heterocycles. The number of nitrogens with one attached hydrogen (secondary N) is 1. The van der Waals surface area contributed by atoms with Crippen LogP contribution in [0.1, 0.15) is 24.5 Å². The summed E-state index contributed by atoms with van der Waals surface area (Å²) in [6.07, 6.45) is -4.22. The molecule has 0 atom stereocenters. The summed E-state index contributed by atoms with van der Waals surface area (Å²) in [5, 5.41) is 2.51. The van der Waals surface area contributed by atoms with Crippen molar-refractivity contribution < 1.29 is 18.0 Å². The lowest BCUT2D eigenvalue weighted by Gasteiger charge is -2.09. The van der Waals surface area contributed by atoms with Gasteiger partial charge in [0.25, 0.3) is 0 Å². The van der Waals surface area contributed by atoms with Crippen molar-refractivity contribution >= 4 is 17.5 Å². The van der Waals surface area contributed by atoms with E-state index in [-0.39, 0.29) is 22.9 Å². The van der Waals surface area contributed by atoms with Gasteiger partial charge in [-0.25, -0.2) is 0 Å². The molecule has 19 heavy (non-hydrogen) atoms. The normalized spacial score (nSPS) is 10.6. The topological polar surface area (TPSA) is 29.1 Å². The van der Waals surface area contributed by atoms with Crippen LogP contribution in [0.4, 0.5) is 13.2 Å². The quantitative estimate of drug-likeness (QED) is 0.657. The van der Waals surface area contributed by atoms with Crippen LogP contribution in [-0.4, -0.2) is 12.5 Å². The van der Waals surface area contributed by atoms with Crippen molar-refractivity contribution in [1.29, 1.82) is 0 Å². The first-order valence-electron chi connectivity index (χ1n) is 5.41. The fraction of sp³-hybridized carbons (Fsp3) is 0.308. The van der Waals surface area contributed by atoms with Crippen LogP contribution >= 0.6 is 11.6 Å². The van der Waals surface area contributed by atoms with E-state index in [2.05, 4.69) is 17.2 Å². The van der Waals surface area contributed by atoms with Crippen molar-refractivity contribution in [1.82, 2.24) is 5.32 Å². The van der Waals surface area contributed by atoms with E-state index in [1.165, 1.54) is 19.1 Å². The molecule has 0 bridgehead atoms. The molecule has 1 rings (SSSR count). The number of carbonyl (C=O) groups is 1. The summed E-state index contributed by atoms with van der Waals surface area (Å²) in [6.45, 7) is 1.66. The molecule has 0 aliphatic carbocycles. The third kappa shape index (κ3) is 5.23. The zero-order valence-electron chi connectivity index (χ0n) is 10.1. The van der Waals surface area contributed by atoms with Crippen molar-refractivity contribution in [2.45, 2.75) is 19.5 Å². The number of halogens is 4. The molecule has 0 radical (unpaired) electrons. The van der Waals surface area contributed by atoms with E-state index < -0.39 is 11.7 Å². The third-order valence-electron chi connectivity index (χ3n) is 2.13. The van der Waals surface area contributed by atoms with Crippen LogP contribution in [0, 0.1) is 11.8 Å². The monoisotopic (exact) mass is 289 g/mol. The average molecular weight is 290 g/mol. The molecule has 0 saturated carbocycles. The fourth-order valence-corrected chi connectivity index (χ4v) is 1.49. The van der Waals surface area contributed by atoms with Crippen LogP contribution in [0.25, 0.3) is 0 Å². The first-order valence-corrected chi connectivity index (χ1v) is 5.78. The van der Waals surface area contributed by atoms with E-state index in [4.69, 9.17) is 11.6 Å². The maximum atomic E-state index is 12.7. The van der Waals surface area contributed by atoms with Gasteiger partial charge in [0.15, 0.2) is 0 Å². The molecule has 1 amide bonds. The first-order chi connectivity index (χ1) is 8.80. The summed E-state index contributed by atoms with van der Waals surface area (Å²) in [5.74, 6) is 4.82. The number of hydrogen-bond donors (Lipinski definition) is 1. The predicted molar refractivity (Wildman–Crippen MR) is 66.6 cm³/mol. The summed E-state index contributed by atoms with van der Waals surface area (Å²) >= 11 is 5.55. The Kier molecular flexibility index (Phi) is 5.25. The van der Waals surface area contributed by atoms with E-state index in [9.17, 15) is 18.0 Å². The molecule has 1 aromatic carbocycles. The maximum absolute atomic E-state index is 12.7. The van der Waals surface area contributed by atoms with Gasteiger partial charge in [-0.1, -0.05) is 23.4 Å². The minimum absolute atomic E-state index is 0.0103. The number of alkyl halides is 3. The summed E-state index contributed by atoms with van der Waals surface area (Å²) < 4.78 is 38.2. The predicted octanol–water partition coefficient (Wildman–Crippen LogP) is 3.24. The zero-order chi connectivity index (χ0) is 14.5. The van der Waals surface area contributed by atoms with Crippen molar-refractivity contribution in [2.24, 2.45) is 0 Å². The SMILES string of the molecule is CC(=O)NCCC#Cc1ccc(Cl)cc1C(F)(F)F. The van der Waals surface area contributed by atoms with Gasteiger partial charge in [0.05, 0.1) is 5.56 Å². The van der Waals surface area contributed by atoms with Gasteiger partial charge < -0.3 is 5.32 Å². The summed E-state index contributed by atoms with van der Waals surface area (Å²) in [6, 6.07) is 3.44. The van der Waals surface area contributed by atoms with Crippen LogP contribution in [0.5, 0.6) is 0 Å². The molecule has 0 heterocycles. The molecule has 102 valence electrons. The Morgan fingerprint density at radius 2 is 2.11 bits per heavy atom. The van der Waals surface area contributed by atoms with Gasteiger partial charge in [0.1, 0.15) is 0 Å². The molecule has 0 aliphatic rings. The third-order valence-corrected chi connectivity index (χ3v) is 2.37. The second-order valence-electron chi connectivity index (χ2n) is 3.72. The summed E-state index contributed by atoms with van der Waals surface area (Å²) in [7, 11) is 0. The highest BCUT2D eigenvalue weighted by Gasteiger charge is 2.33. The maximum Gasteiger partial charge on any atom is 0.417 e. The molecular formula is C13H11ClF3NO. The molecule has 6 heteroatoms. The number of amides is 1. The van der Waals surface area contributed by atoms with E-state index in [1.807, 2.05) is 0 Å². The molecule has 0 unspecified atom stereocenters. The molecule has 2 nitrogen and oxygen atoms in total. The van der Waals surface area contributed by atoms with Crippen LogP contribution in [0.3, 0.4) is 0 Å². The minimum atomic E-state index is -4.49. The Hall–Kier alpha value is -1.67. The molecular weight excluding hydrogens is 279 g/mol. The smallest absolute Gasteiger partial charge is 0.355 e. The summed E-state index contributed by atoms with van der Waals surface area (Å²) in [5.41, 5.74) is -0.980. The number of hydrogen-bond acceptors (Lipinski definition) is 1. The Balaban J connectivity index is 2.84. The van der Waals surface area contributed by atoms with Gasteiger partial charge in [-0.2, -0.15) is 13.2 Å². The lowest BCUT2D eigenvalue weighted by atomic mass is 10.1. The standard InChI is InChI=1S/C13H11ClF3NO/c1-9(19)18-7-3-2-4-10-5-6-11(14)8-12(10)13(15,16)17/h5-6,8H,3,7H2,1H3,(H,18,19). The fourth-order valence-electron chi connectivity index (χ4n) is 1.32. The zero-order valence-corrected chi connectivity index (χ0v) is 10.8. The Bertz CT molecular complexity index is 529. The molecule has 0 aromatic heterocycles. The highest BCUT2D eigenvalue weighted by Crippen LogP contribution is 2.33. The highest BCUT2D eigenvalue weighted by molar-refractivity contribution is 6.30. The van der Waals surface area contributed by atoms with E-state index >= 15 is 0 Å². The second kappa shape index (κ2) is 6.48. The van der Waals surface area contributed by atoms with Gasteiger partial charge >= 0.3 is 6.18 Å². The Labute approximate surface area is 113 Å². The Morgan fingerprint density at radius 3 is 2.68 bits per heavy atom. The highest BCUT2D eigenvalue weighted by atomic mass is 35.5. The summed E-state index contributed by atoms with van der Waals surface area (Å²) in [4.78, 5) is 10.6. The van der Waals surface area contributed by atoms with Gasteiger partial charge in [-0.3, -0.25) is 4.79 Å². The van der Waals surface area contributed by atoms with E-state index in [0.29, 0.717) is 6.54 Å². The van der Waals surface area contributed by atoms with Gasteiger partial charge in [0, 0.05) is 30.5 Å². The van der Waals surface area contributed by atoms with Gasteiger partial charge in [-0.05, 0) is 18.2 Å². The minimum Gasteiger partial charge on any atom is -0.355 e. The van der Waals surface area contributed by atoms with Crippen LogP contribution in [-0.2, 0) is 11.0 Å². The van der Waals surface area contributed by atoms with Crippen LogP contribution in [0.15, 0.2) is 18.2 Å². The van der Waals surface area contributed by atoms with Crippen molar-refractivity contribution in [3.8, 4) is 11.8 Å². The van der Waals surface area contributed by atoms with Crippen molar-refractivity contribution in [3.63, 3.8) is 0 Å². The van der Waals surface area contributed by atoms with E-state index in [0.717, 1.165) is 6.07 Å². The van der Waals surface area contributed by atoms with Gasteiger partial charge in [0.2, 0.25) is 5.91 Å². The number of rotatable bonds is 2. The van der Waals surface area contributed by atoms with Crippen LogP contribution in [0.2, 0.25) is 5.02 Å². The van der Waals surface area contributed by atoms with Gasteiger partial charge in [-0.15, -0.1) is 0 Å². The number of benzene rings is 1. The van der Waals surface area contributed by atoms with E-state index in [1.54, 1.807) is 0 Å². The largest absolute Gasteiger partial charge is 0.417 e. The Morgan fingerprint density at radius 1 is 1.42 bits per heavy atom. The average Bonchev–Trinajstić information content (AvgIpc) is 2.28. The lowest BCUT2D eigenvalue weighted by molar-refractivity contribution is -0.137.